The lowest BCUT2D eigenvalue weighted by atomic mass is 10.2. The van der Waals surface area contributed by atoms with Gasteiger partial charge < -0.3 is 10.5 Å². The van der Waals surface area contributed by atoms with Crippen molar-refractivity contribution < 1.29 is 13.5 Å². The summed E-state index contributed by atoms with van der Waals surface area (Å²) < 4.78 is 31.9. The van der Waals surface area contributed by atoms with Gasteiger partial charge in [-0.1, -0.05) is 23.8 Å². The molecule has 0 aliphatic rings. The maximum absolute atomic E-state index is 13.5. The lowest BCUT2D eigenvalue weighted by Gasteiger charge is -2.11. The molecular weight excluding hydrogens is 292 g/mol. The van der Waals surface area contributed by atoms with Gasteiger partial charge in [-0.25, -0.2) is 8.78 Å². The molecule has 0 atom stereocenters. The van der Waals surface area contributed by atoms with Gasteiger partial charge in [0.25, 0.3) is 0 Å². The van der Waals surface area contributed by atoms with E-state index in [1.165, 1.54) is 6.07 Å². The van der Waals surface area contributed by atoms with Gasteiger partial charge in [0, 0.05) is 17.2 Å². The van der Waals surface area contributed by atoms with E-state index in [4.69, 9.17) is 34.3 Å². The van der Waals surface area contributed by atoms with Crippen molar-refractivity contribution in [1.29, 1.82) is 0 Å². The lowest BCUT2D eigenvalue weighted by Crippen LogP contribution is -2.10. The Bertz CT molecular complexity index is 649. The highest BCUT2D eigenvalue weighted by atomic mass is 35.5. The summed E-state index contributed by atoms with van der Waals surface area (Å²) in [6.45, 7) is 0. The maximum atomic E-state index is 13.5. The first-order valence-electron chi connectivity index (χ1n) is 5.19. The third-order valence-corrected chi connectivity index (χ3v) is 2.78. The van der Waals surface area contributed by atoms with Gasteiger partial charge in [0.2, 0.25) is 0 Å². The zero-order valence-corrected chi connectivity index (χ0v) is 11.1. The molecule has 0 unspecified atom stereocenters. The van der Waals surface area contributed by atoms with E-state index in [1.807, 2.05) is 0 Å². The standard InChI is InChI=1S/C13H8ClF2NOS/c14-7-1-3-9(13(17)19)11(5-7)18-12-6-8(15)2-4-10(12)16/h1-6H,(H2,17,19). The summed E-state index contributed by atoms with van der Waals surface area (Å²) >= 11 is 10.7. The van der Waals surface area contributed by atoms with Crippen molar-refractivity contribution in [3.63, 3.8) is 0 Å². The Hall–Kier alpha value is -1.72. The van der Waals surface area contributed by atoms with Gasteiger partial charge in [0.05, 0.1) is 5.56 Å². The normalized spacial score (nSPS) is 10.3. The van der Waals surface area contributed by atoms with Crippen LogP contribution in [0.3, 0.4) is 0 Å². The minimum Gasteiger partial charge on any atom is -0.453 e. The van der Waals surface area contributed by atoms with Crippen LogP contribution in [0.4, 0.5) is 8.78 Å². The maximum Gasteiger partial charge on any atom is 0.166 e. The highest BCUT2D eigenvalue weighted by Gasteiger charge is 2.12. The number of benzene rings is 2. The average molecular weight is 300 g/mol. The van der Waals surface area contributed by atoms with Crippen LogP contribution in [0.5, 0.6) is 11.5 Å². The van der Waals surface area contributed by atoms with Crippen LogP contribution >= 0.6 is 23.8 Å². The van der Waals surface area contributed by atoms with E-state index < -0.39 is 11.6 Å². The summed E-state index contributed by atoms with van der Waals surface area (Å²) in [7, 11) is 0. The van der Waals surface area contributed by atoms with Crippen molar-refractivity contribution in [3.05, 3.63) is 58.6 Å². The van der Waals surface area contributed by atoms with Crippen LogP contribution in [-0.4, -0.2) is 4.99 Å². The molecule has 2 aromatic rings. The molecule has 19 heavy (non-hydrogen) atoms. The third kappa shape index (κ3) is 3.19. The van der Waals surface area contributed by atoms with E-state index >= 15 is 0 Å². The van der Waals surface area contributed by atoms with Gasteiger partial charge in [-0.05, 0) is 24.3 Å². The summed E-state index contributed by atoms with van der Waals surface area (Å²) in [6, 6.07) is 7.45. The van der Waals surface area contributed by atoms with E-state index in [0.29, 0.717) is 10.6 Å². The fraction of sp³-hybridized carbons (Fsp3) is 0. The minimum absolute atomic E-state index is 0.0727. The van der Waals surface area contributed by atoms with E-state index in [-0.39, 0.29) is 16.5 Å². The first-order valence-corrected chi connectivity index (χ1v) is 5.98. The fourth-order valence-corrected chi connectivity index (χ4v) is 1.79. The number of thiocarbonyl (C=S) groups is 1. The van der Waals surface area contributed by atoms with Gasteiger partial charge in [-0.3, -0.25) is 0 Å². The molecule has 0 saturated heterocycles. The molecule has 0 heterocycles. The number of rotatable bonds is 3. The lowest BCUT2D eigenvalue weighted by molar-refractivity contribution is 0.436. The van der Waals surface area contributed by atoms with Crippen LogP contribution < -0.4 is 10.5 Å². The molecule has 0 radical (unpaired) electrons. The number of hydrogen-bond acceptors (Lipinski definition) is 2. The number of hydrogen-bond donors (Lipinski definition) is 1. The van der Waals surface area contributed by atoms with E-state index in [0.717, 1.165) is 18.2 Å². The predicted molar refractivity (Wildman–Crippen MR) is 73.8 cm³/mol. The number of nitrogens with two attached hydrogens (primary N) is 1. The Labute approximate surface area is 118 Å². The molecule has 0 aliphatic carbocycles. The molecule has 0 fully saturated rings. The van der Waals surface area contributed by atoms with Crippen molar-refractivity contribution >= 4 is 28.8 Å². The molecule has 2 N–H and O–H groups in total. The van der Waals surface area contributed by atoms with Crippen LogP contribution in [-0.2, 0) is 0 Å². The average Bonchev–Trinajstić information content (AvgIpc) is 2.33. The van der Waals surface area contributed by atoms with Crippen molar-refractivity contribution in [2.75, 3.05) is 0 Å². The second-order valence-electron chi connectivity index (χ2n) is 3.68. The second kappa shape index (κ2) is 5.50. The topological polar surface area (TPSA) is 35.2 Å². The molecular formula is C13H8ClF2NOS. The van der Waals surface area contributed by atoms with E-state index in [9.17, 15) is 8.78 Å². The molecule has 2 nitrogen and oxygen atoms in total. The van der Waals surface area contributed by atoms with Crippen LogP contribution in [0.25, 0.3) is 0 Å². The second-order valence-corrected chi connectivity index (χ2v) is 4.56. The van der Waals surface area contributed by atoms with Gasteiger partial charge in [0.15, 0.2) is 11.6 Å². The Morgan fingerprint density at radius 2 is 1.84 bits per heavy atom. The van der Waals surface area contributed by atoms with Crippen LogP contribution in [0, 0.1) is 11.6 Å². The van der Waals surface area contributed by atoms with E-state index in [1.54, 1.807) is 12.1 Å². The van der Waals surface area contributed by atoms with Gasteiger partial charge >= 0.3 is 0 Å². The van der Waals surface area contributed by atoms with E-state index in [2.05, 4.69) is 0 Å². The molecule has 98 valence electrons. The van der Waals surface area contributed by atoms with Gasteiger partial charge in [-0.2, -0.15) is 0 Å². The molecule has 0 aliphatic heterocycles. The summed E-state index contributed by atoms with van der Waals surface area (Å²) in [6.07, 6.45) is 0. The minimum atomic E-state index is -0.699. The summed E-state index contributed by atoms with van der Waals surface area (Å²) in [4.78, 5) is 0.0727. The number of ether oxygens (including phenoxy) is 1. The van der Waals surface area contributed by atoms with Gasteiger partial charge in [-0.15, -0.1) is 0 Å². The predicted octanol–water partition coefficient (Wildman–Crippen LogP) is 4.04. The summed E-state index contributed by atoms with van der Waals surface area (Å²) in [5, 5.41) is 0.367. The Balaban J connectivity index is 2.45. The molecule has 0 bridgehead atoms. The highest BCUT2D eigenvalue weighted by molar-refractivity contribution is 7.80. The number of halogens is 3. The SMILES string of the molecule is NC(=S)c1ccc(Cl)cc1Oc1cc(F)ccc1F. The molecule has 0 amide bonds. The zero-order chi connectivity index (χ0) is 14.0. The first-order chi connectivity index (χ1) is 8.97. The Kier molecular flexibility index (Phi) is 3.97. The first kappa shape index (κ1) is 13.7. The van der Waals surface area contributed by atoms with Crippen LogP contribution in [0.1, 0.15) is 5.56 Å². The Morgan fingerprint density at radius 1 is 1.11 bits per heavy atom. The van der Waals surface area contributed by atoms with Crippen molar-refractivity contribution in [3.8, 4) is 11.5 Å². The third-order valence-electron chi connectivity index (χ3n) is 2.32. The van der Waals surface area contributed by atoms with Crippen LogP contribution in [0.2, 0.25) is 5.02 Å². The fourth-order valence-electron chi connectivity index (χ4n) is 1.46. The summed E-state index contributed by atoms with van der Waals surface area (Å²) in [5.74, 6) is -1.41. The largest absolute Gasteiger partial charge is 0.453 e. The quantitative estimate of drug-likeness (QED) is 0.869. The molecule has 0 spiro atoms. The van der Waals surface area contributed by atoms with Gasteiger partial charge in [0.1, 0.15) is 16.6 Å². The molecule has 2 rings (SSSR count). The van der Waals surface area contributed by atoms with Crippen molar-refractivity contribution in [2.45, 2.75) is 0 Å². The Morgan fingerprint density at radius 3 is 2.53 bits per heavy atom. The monoisotopic (exact) mass is 299 g/mol. The molecule has 6 heteroatoms. The molecule has 0 aromatic heterocycles. The van der Waals surface area contributed by atoms with Crippen molar-refractivity contribution in [1.82, 2.24) is 0 Å². The van der Waals surface area contributed by atoms with Crippen LogP contribution in [0.15, 0.2) is 36.4 Å². The smallest absolute Gasteiger partial charge is 0.166 e. The highest BCUT2D eigenvalue weighted by Crippen LogP contribution is 2.30. The zero-order valence-electron chi connectivity index (χ0n) is 9.49. The summed E-state index contributed by atoms with van der Waals surface area (Å²) in [5.41, 5.74) is 5.92. The molecule has 0 saturated carbocycles. The molecule has 2 aromatic carbocycles. The van der Waals surface area contributed by atoms with Crippen molar-refractivity contribution in [2.24, 2.45) is 5.73 Å².